The summed E-state index contributed by atoms with van der Waals surface area (Å²) < 4.78 is 30.6. The van der Waals surface area contributed by atoms with Gasteiger partial charge in [0.25, 0.3) is 0 Å². The van der Waals surface area contributed by atoms with E-state index in [0.29, 0.717) is 28.9 Å². The summed E-state index contributed by atoms with van der Waals surface area (Å²) in [6.45, 7) is 1.89. The van der Waals surface area contributed by atoms with Gasteiger partial charge in [-0.05, 0) is 19.1 Å². The van der Waals surface area contributed by atoms with Crippen molar-refractivity contribution in [3.63, 3.8) is 0 Å². The fourth-order valence-corrected chi connectivity index (χ4v) is 2.84. The number of nitrogens with one attached hydrogen (secondary N) is 1. The van der Waals surface area contributed by atoms with Crippen LogP contribution in [0.15, 0.2) is 21.9 Å². The summed E-state index contributed by atoms with van der Waals surface area (Å²) in [7, 11) is -3.29. The molecule has 2 aromatic heterocycles. The van der Waals surface area contributed by atoms with Crippen LogP contribution in [0.5, 0.6) is 0 Å². The first-order valence-electron chi connectivity index (χ1n) is 5.29. The molecule has 0 bridgehead atoms. The van der Waals surface area contributed by atoms with Crippen molar-refractivity contribution in [2.45, 2.75) is 13.5 Å². The molecule has 0 unspecified atom stereocenters. The maximum absolute atomic E-state index is 11.4. The number of sulfonamides is 1. The lowest BCUT2D eigenvalue weighted by molar-refractivity contribution is 0.524. The van der Waals surface area contributed by atoms with Crippen LogP contribution in [-0.4, -0.2) is 19.2 Å². The second-order valence-electron chi connectivity index (χ2n) is 3.51. The van der Waals surface area contributed by atoms with Crippen LogP contribution in [0.3, 0.4) is 0 Å². The molecule has 0 saturated carbocycles. The predicted molar refractivity (Wildman–Crippen MR) is 70.8 cm³/mol. The van der Waals surface area contributed by atoms with Gasteiger partial charge in [0.1, 0.15) is 11.5 Å². The van der Waals surface area contributed by atoms with Crippen LogP contribution in [0.2, 0.25) is 0 Å². The third-order valence-electron chi connectivity index (χ3n) is 2.24. The SMILES string of the molecule is CCS(=O)(=O)Nc1nc(-c2ccc(CN)o2)cs1. The fourth-order valence-electron chi connectivity index (χ4n) is 1.26. The van der Waals surface area contributed by atoms with Gasteiger partial charge in [-0.15, -0.1) is 11.3 Å². The zero-order valence-corrected chi connectivity index (χ0v) is 11.3. The van der Waals surface area contributed by atoms with Gasteiger partial charge < -0.3 is 10.2 Å². The Labute approximate surface area is 109 Å². The molecule has 3 N–H and O–H groups in total. The van der Waals surface area contributed by atoms with Crippen molar-refractivity contribution in [3.8, 4) is 11.5 Å². The number of nitrogens with two attached hydrogens (primary N) is 1. The lowest BCUT2D eigenvalue weighted by Crippen LogP contribution is -2.14. The van der Waals surface area contributed by atoms with Crippen molar-refractivity contribution in [3.05, 3.63) is 23.3 Å². The van der Waals surface area contributed by atoms with E-state index < -0.39 is 10.0 Å². The monoisotopic (exact) mass is 287 g/mol. The minimum absolute atomic E-state index is 0.0139. The van der Waals surface area contributed by atoms with Crippen LogP contribution in [0.25, 0.3) is 11.5 Å². The molecule has 0 aliphatic carbocycles. The van der Waals surface area contributed by atoms with Crippen molar-refractivity contribution in [2.24, 2.45) is 5.73 Å². The summed E-state index contributed by atoms with van der Waals surface area (Å²) in [6, 6.07) is 3.53. The highest BCUT2D eigenvalue weighted by atomic mass is 32.2. The molecule has 98 valence electrons. The Morgan fingerprint density at radius 1 is 1.50 bits per heavy atom. The Kier molecular flexibility index (Phi) is 3.69. The quantitative estimate of drug-likeness (QED) is 0.870. The molecule has 6 nitrogen and oxygen atoms in total. The van der Waals surface area contributed by atoms with E-state index in [-0.39, 0.29) is 5.75 Å². The van der Waals surface area contributed by atoms with Gasteiger partial charge in [0.2, 0.25) is 10.0 Å². The molecule has 2 rings (SSSR count). The topological polar surface area (TPSA) is 98.2 Å². The van der Waals surface area contributed by atoms with Crippen molar-refractivity contribution < 1.29 is 12.8 Å². The van der Waals surface area contributed by atoms with Gasteiger partial charge in [0.15, 0.2) is 10.9 Å². The number of aromatic nitrogens is 1. The highest BCUT2D eigenvalue weighted by Crippen LogP contribution is 2.26. The van der Waals surface area contributed by atoms with E-state index in [4.69, 9.17) is 10.2 Å². The van der Waals surface area contributed by atoms with Crippen LogP contribution < -0.4 is 10.5 Å². The zero-order valence-electron chi connectivity index (χ0n) is 9.71. The first kappa shape index (κ1) is 13.1. The molecular weight excluding hydrogens is 274 g/mol. The highest BCUT2D eigenvalue weighted by Gasteiger charge is 2.12. The van der Waals surface area contributed by atoms with E-state index in [9.17, 15) is 8.42 Å². The molecule has 0 atom stereocenters. The number of furan rings is 1. The molecular formula is C10H13N3O3S2. The number of thiazole rings is 1. The van der Waals surface area contributed by atoms with Gasteiger partial charge in [0.05, 0.1) is 12.3 Å². The molecule has 18 heavy (non-hydrogen) atoms. The molecule has 2 heterocycles. The second kappa shape index (κ2) is 5.09. The summed E-state index contributed by atoms with van der Waals surface area (Å²) in [5.41, 5.74) is 6.04. The van der Waals surface area contributed by atoms with Gasteiger partial charge in [-0.2, -0.15) is 0 Å². The number of nitrogens with zero attached hydrogens (tertiary/aromatic N) is 1. The molecule has 0 radical (unpaired) electrons. The lowest BCUT2D eigenvalue weighted by Gasteiger charge is -2.00. The summed E-state index contributed by atoms with van der Waals surface area (Å²) >= 11 is 1.21. The normalized spacial score (nSPS) is 11.7. The van der Waals surface area contributed by atoms with E-state index in [2.05, 4.69) is 9.71 Å². The van der Waals surface area contributed by atoms with Crippen LogP contribution in [0.4, 0.5) is 5.13 Å². The molecule has 0 saturated heterocycles. The van der Waals surface area contributed by atoms with Gasteiger partial charge in [-0.25, -0.2) is 13.4 Å². The minimum atomic E-state index is -3.29. The third-order valence-corrected chi connectivity index (χ3v) is 4.39. The smallest absolute Gasteiger partial charge is 0.234 e. The summed E-state index contributed by atoms with van der Waals surface area (Å²) in [5, 5.41) is 2.06. The molecule has 0 spiro atoms. The maximum atomic E-state index is 11.4. The molecule has 2 aromatic rings. The average molecular weight is 287 g/mol. The number of hydrogen-bond donors (Lipinski definition) is 2. The fraction of sp³-hybridized carbons (Fsp3) is 0.300. The number of anilines is 1. The van der Waals surface area contributed by atoms with E-state index in [1.165, 1.54) is 11.3 Å². The standard InChI is InChI=1S/C10H13N3O3S2/c1-2-18(14,15)13-10-12-8(6-17-10)9-4-3-7(5-11)16-9/h3-4,6H,2,5,11H2,1H3,(H,12,13). The van der Waals surface area contributed by atoms with E-state index in [1.54, 1.807) is 24.4 Å². The average Bonchev–Trinajstić information content (AvgIpc) is 2.96. The lowest BCUT2D eigenvalue weighted by atomic mass is 10.3. The molecule has 0 aliphatic heterocycles. The van der Waals surface area contributed by atoms with E-state index in [0.717, 1.165) is 0 Å². The van der Waals surface area contributed by atoms with Gasteiger partial charge in [-0.1, -0.05) is 0 Å². The molecule has 0 aromatic carbocycles. The first-order chi connectivity index (χ1) is 8.54. The van der Waals surface area contributed by atoms with Crippen LogP contribution >= 0.6 is 11.3 Å². The molecule has 0 amide bonds. The maximum Gasteiger partial charge on any atom is 0.234 e. The second-order valence-corrected chi connectivity index (χ2v) is 6.38. The van der Waals surface area contributed by atoms with Crippen molar-refractivity contribution in [1.29, 1.82) is 0 Å². The summed E-state index contributed by atoms with van der Waals surface area (Å²) in [6.07, 6.45) is 0. The Bertz CT molecular complexity index is 630. The van der Waals surface area contributed by atoms with Crippen LogP contribution in [-0.2, 0) is 16.6 Å². The Hall–Kier alpha value is -1.38. The van der Waals surface area contributed by atoms with Crippen LogP contribution in [0, 0.1) is 0 Å². The van der Waals surface area contributed by atoms with Crippen LogP contribution in [0.1, 0.15) is 12.7 Å². The molecule has 0 fully saturated rings. The largest absolute Gasteiger partial charge is 0.458 e. The molecule has 8 heteroatoms. The Balaban J connectivity index is 2.20. The Morgan fingerprint density at radius 2 is 2.28 bits per heavy atom. The third kappa shape index (κ3) is 2.89. The minimum Gasteiger partial charge on any atom is -0.458 e. The van der Waals surface area contributed by atoms with Gasteiger partial charge >= 0.3 is 0 Å². The predicted octanol–water partition coefficient (Wildman–Crippen LogP) is 1.62. The van der Waals surface area contributed by atoms with E-state index in [1.807, 2.05) is 0 Å². The van der Waals surface area contributed by atoms with Crippen molar-refractivity contribution in [2.75, 3.05) is 10.5 Å². The Morgan fingerprint density at radius 3 is 2.89 bits per heavy atom. The van der Waals surface area contributed by atoms with Gasteiger partial charge in [-0.3, -0.25) is 4.72 Å². The molecule has 0 aliphatic rings. The van der Waals surface area contributed by atoms with Gasteiger partial charge in [0, 0.05) is 5.38 Å². The van der Waals surface area contributed by atoms with Crippen molar-refractivity contribution >= 4 is 26.5 Å². The zero-order chi connectivity index (χ0) is 13.2. The number of hydrogen-bond acceptors (Lipinski definition) is 6. The van der Waals surface area contributed by atoms with Crippen molar-refractivity contribution in [1.82, 2.24) is 4.98 Å². The van der Waals surface area contributed by atoms with E-state index >= 15 is 0 Å². The summed E-state index contributed by atoms with van der Waals surface area (Å²) in [4.78, 5) is 4.15. The summed E-state index contributed by atoms with van der Waals surface area (Å²) in [5.74, 6) is 1.25. The number of rotatable bonds is 5. The first-order valence-corrected chi connectivity index (χ1v) is 7.82. The highest BCUT2D eigenvalue weighted by molar-refractivity contribution is 7.92.